The first-order valence-corrected chi connectivity index (χ1v) is 29.7. The number of carbonyl (C=O) groups excluding carboxylic acids is 3. The van der Waals surface area contributed by atoms with E-state index in [0.717, 1.165) is 103 Å². The molecule has 2 amide bonds. The Labute approximate surface area is 467 Å². The molecular formula is C61H100N8O9. The fourth-order valence-corrected chi connectivity index (χ4v) is 14.3. The molecule has 0 saturated heterocycles. The second kappa shape index (κ2) is 31.6. The SMILES string of the molecule is CCC1(C)CC(n2c(=O)n(C3CC(C)(C)CC(C)(COC#N)C3)c(=O)n(C3CC(C)(C)CC(C)(COC#N)C3)c2=O)CC(C)(C)C1.CCCCCCCCC(=O)N(CCCCCCOC#N)C(=O)CCCCCCCN=C=O. The van der Waals surface area contributed by atoms with E-state index in [2.05, 4.69) is 85.9 Å². The summed E-state index contributed by atoms with van der Waals surface area (Å²) >= 11 is 0. The number of carbonyl (C=O) groups is 2. The number of hydrogen-bond acceptors (Lipinski definition) is 13. The fraction of sp³-hybridized carbons (Fsp3) is 0.852. The van der Waals surface area contributed by atoms with Gasteiger partial charge in [0.25, 0.3) is 18.8 Å². The number of ether oxygens (including phenoxy) is 3. The third-order valence-electron chi connectivity index (χ3n) is 16.9. The van der Waals surface area contributed by atoms with Gasteiger partial charge in [-0.2, -0.15) is 15.8 Å². The molecule has 78 heavy (non-hydrogen) atoms. The smallest absolute Gasteiger partial charge is 0.336 e. The van der Waals surface area contributed by atoms with E-state index in [1.807, 2.05) is 0 Å². The standard InChI is InChI=1S/C36H57N5O5.C25H43N3O4/c1-11-34(8)15-25(12-31(2,3)18-34)39-28(42)40(26-13-32(4,5)19-35(9,16-26)21-45-23-37)30(44)41(29(39)43)27-14-33(6,7)20-36(10,17-27)22-46-24-38;1-2-3-4-5-7-12-17-24(30)28(20-15-10-11-16-21-32-22-26)25(31)18-13-8-6-9-14-19-27-23-29/h25-27H,11-22H2,1-10H3;2-21H2,1H3. The highest BCUT2D eigenvalue weighted by Crippen LogP contribution is 2.53. The number of rotatable bonds is 30. The van der Waals surface area contributed by atoms with Crippen molar-refractivity contribution < 1.29 is 28.6 Å². The van der Waals surface area contributed by atoms with Gasteiger partial charge in [-0.25, -0.2) is 37.9 Å². The Kier molecular flexibility index (Phi) is 27.1. The van der Waals surface area contributed by atoms with Crippen molar-refractivity contribution in [3.8, 4) is 18.8 Å². The van der Waals surface area contributed by atoms with Crippen LogP contribution in [0, 0.1) is 67.0 Å². The van der Waals surface area contributed by atoms with Gasteiger partial charge in [-0.15, -0.1) is 0 Å². The molecule has 0 spiro atoms. The minimum atomic E-state index is -0.558. The molecule has 3 saturated carbocycles. The number of hydrogen-bond donors (Lipinski definition) is 0. The number of amides is 2. The fourth-order valence-electron chi connectivity index (χ4n) is 14.3. The average molecular weight is 1090 g/mol. The second-order valence-corrected chi connectivity index (χ2v) is 27.0. The van der Waals surface area contributed by atoms with E-state index in [1.165, 1.54) is 37.9 Å². The predicted octanol–water partition coefficient (Wildman–Crippen LogP) is 12.7. The van der Waals surface area contributed by atoms with E-state index in [0.29, 0.717) is 71.1 Å². The van der Waals surface area contributed by atoms with E-state index < -0.39 is 40.0 Å². The minimum absolute atomic E-state index is 0.0370. The molecule has 6 atom stereocenters. The summed E-state index contributed by atoms with van der Waals surface area (Å²) in [6.07, 6.45) is 29.3. The lowest BCUT2D eigenvalue weighted by Crippen LogP contribution is -2.60. The van der Waals surface area contributed by atoms with Crippen LogP contribution >= 0.6 is 0 Å². The van der Waals surface area contributed by atoms with Crippen LogP contribution in [0.1, 0.15) is 268 Å². The molecule has 1 heterocycles. The summed E-state index contributed by atoms with van der Waals surface area (Å²) in [7, 11) is 0. The van der Waals surface area contributed by atoms with Crippen molar-refractivity contribution in [1.29, 1.82) is 15.8 Å². The van der Waals surface area contributed by atoms with Crippen LogP contribution in [0.25, 0.3) is 0 Å². The first-order chi connectivity index (χ1) is 36.8. The van der Waals surface area contributed by atoms with Crippen LogP contribution < -0.4 is 17.1 Å². The third kappa shape index (κ3) is 21.5. The summed E-state index contributed by atoms with van der Waals surface area (Å²) in [6, 6.07) is -1.27. The van der Waals surface area contributed by atoms with Crippen molar-refractivity contribution in [2.24, 2.45) is 37.5 Å². The summed E-state index contributed by atoms with van der Waals surface area (Å²) in [5.41, 5.74) is -3.09. The van der Waals surface area contributed by atoms with Gasteiger partial charge in [0.2, 0.25) is 17.9 Å². The summed E-state index contributed by atoms with van der Waals surface area (Å²) in [6.45, 7) is 25.5. The summed E-state index contributed by atoms with van der Waals surface area (Å²) in [4.78, 5) is 84.8. The number of aliphatic imine (C=N–C) groups is 1. The quantitative estimate of drug-likeness (QED) is 0.0303. The van der Waals surface area contributed by atoms with Crippen LogP contribution in [0.2, 0.25) is 0 Å². The summed E-state index contributed by atoms with van der Waals surface area (Å²) < 4.78 is 19.4. The van der Waals surface area contributed by atoms with Crippen LogP contribution in [0.3, 0.4) is 0 Å². The Morgan fingerprint density at radius 2 is 0.897 bits per heavy atom. The molecular weight excluding hydrogens is 989 g/mol. The van der Waals surface area contributed by atoms with Crippen LogP contribution in [-0.4, -0.2) is 69.4 Å². The van der Waals surface area contributed by atoms with Gasteiger partial charge < -0.3 is 14.2 Å². The molecule has 3 fully saturated rings. The Morgan fingerprint density at radius 3 is 1.31 bits per heavy atom. The first-order valence-electron chi connectivity index (χ1n) is 29.7. The molecule has 3 aliphatic carbocycles. The van der Waals surface area contributed by atoms with E-state index in [4.69, 9.17) is 14.7 Å². The molecule has 1 aromatic heterocycles. The average Bonchev–Trinajstić information content (AvgIpc) is 3.41. The topological polar surface area (TPSA) is 232 Å². The van der Waals surface area contributed by atoms with Crippen molar-refractivity contribution in [1.82, 2.24) is 18.6 Å². The molecule has 3 aliphatic rings. The van der Waals surface area contributed by atoms with E-state index in [9.17, 15) is 39.3 Å². The van der Waals surface area contributed by atoms with Crippen molar-refractivity contribution >= 4 is 17.9 Å². The normalized spacial score (nSPS) is 24.8. The lowest BCUT2D eigenvalue weighted by Gasteiger charge is -2.48. The van der Waals surface area contributed by atoms with Crippen LogP contribution in [0.4, 0.5) is 0 Å². The third-order valence-corrected chi connectivity index (χ3v) is 16.9. The van der Waals surface area contributed by atoms with E-state index in [1.54, 1.807) is 24.8 Å². The molecule has 0 radical (unpaired) electrons. The maximum atomic E-state index is 14.8. The lowest BCUT2D eigenvalue weighted by atomic mass is 9.61. The number of nitriles is 3. The highest BCUT2D eigenvalue weighted by Gasteiger charge is 2.48. The van der Waals surface area contributed by atoms with Crippen molar-refractivity contribution in [2.45, 2.75) is 268 Å². The van der Waals surface area contributed by atoms with Gasteiger partial charge in [-0.1, -0.05) is 140 Å². The molecule has 0 aromatic carbocycles. The molecule has 4 rings (SSSR count). The second-order valence-electron chi connectivity index (χ2n) is 27.0. The zero-order chi connectivity index (χ0) is 58.2. The van der Waals surface area contributed by atoms with Crippen LogP contribution in [0.15, 0.2) is 19.4 Å². The maximum Gasteiger partial charge on any atom is 0.336 e. The number of aromatic nitrogens is 3. The summed E-state index contributed by atoms with van der Waals surface area (Å²) in [5, 5.41) is 26.8. The Bertz CT molecular complexity index is 2340. The van der Waals surface area contributed by atoms with Gasteiger partial charge in [0.1, 0.15) is 19.8 Å². The minimum Gasteiger partial charge on any atom is -0.428 e. The highest BCUT2D eigenvalue weighted by atomic mass is 16.5. The Balaban J connectivity index is 0.000000441. The van der Waals surface area contributed by atoms with E-state index >= 15 is 0 Å². The van der Waals surface area contributed by atoms with Gasteiger partial charge in [-0.3, -0.25) is 14.5 Å². The molecule has 6 unspecified atom stereocenters. The lowest BCUT2D eigenvalue weighted by molar-refractivity contribution is -0.145. The Hall–Kier alpha value is -5.20. The van der Waals surface area contributed by atoms with Crippen LogP contribution in [0.5, 0.6) is 0 Å². The van der Waals surface area contributed by atoms with Gasteiger partial charge in [0, 0.05) is 48.3 Å². The molecule has 1 aromatic rings. The molecule has 0 aliphatic heterocycles. The van der Waals surface area contributed by atoms with Crippen molar-refractivity contribution in [3.63, 3.8) is 0 Å². The largest absolute Gasteiger partial charge is 0.428 e. The molecule has 0 bridgehead atoms. The molecule has 0 N–H and O–H groups in total. The zero-order valence-electron chi connectivity index (χ0n) is 50.1. The van der Waals surface area contributed by atoms with Gasteiger partial charge in [0.15, 0.2) is 0 Å². The van der Waals surface area contributed by atoms with Crippen LogP contribution in [-0.2, 0) is 28.6 Å². The van der Waals surface area contributed by atoms with Gasteiger partial charge >= 0.3 is 17.1 Å². The van der Waals surface area contributed by atoms with Gasteiger partial charge in [0.05, 0.1) is 6.54 Å². The van der Waals surface area contributed by atoms with E-state index in [-0.39, 0.29) is 52.7 Å². The number of nitrogens with zero attached hydrogens (tertiary/aromatic N) is 8. The zero-order valence-corrected chi connectivity index (χ0v) is 50.1. The molecule has 17 heteroatoms. The number of isocyanates is 1. The number of unbranched alkanes of at least 4 members (excludes halogenated alkanes) is 12. The van der Waals surface area contributed by atoms with Gasteiger partial charge in [-0.05, 0) is 118 Å². The van der Waals surface area contributed by atoms with Crippen molar-refractivity contribution in [3.05, 3.63) is 31.5 Å². The highest BCUT2D eigenvalue weighted by molar-refractivity contribution is 5.95. The first kappa shape index (κ1) is 67.1. The molecule has 438 valence electrons. The predicted molar refractivity (Wildman–Crippen MR) is 302 cm³/mol. The Morgan fingerprint density at radius 1 is 0.526 bits per heavy atom. The summed E-state index contributed by atoms with van der Waals surface area (Å²) in [5.74, 6) is -0.0932. The monoisotopic (exact) mass is 1090 g/mol. The maximum absolute atomic E-state index is 14.8. The number of imide groups is 1. The molecule has 17 nitrogen and oxygen atoms in total. The van der Waals surface area contributed by atoms with Crippen molar-refractivity contribution in [2.75, 3.05) is 32.9 Å².